The van der Waals surface area contributed by atoms with Gasteiger partial charge in [-0.25, -0.2) is 0 Å². The molecule has 0 unspecified atom stereocenters. The van der Waals surface area contributed by atoms with Gasteiger partial charge in [0, 0.05) is 12.4 Å². The summed E-state index contributed by atoms with van der Waals surface area (Å²) in [5, 5.41) is 0. The molecular formula is C23H18N2. The van der Waals surface area contributed by atoms with E-state index in [9.17, 15) is 0 Å². The quantitative estimate of drug-likeness (QED) is 0.536. The van der Waals surface area contributed by atoms with E-state index in [1.165, 1.54) is 0 Å². The fraction of sp³-hybridized carbons (Fsp3) is 0.0435. The zero-order chi connectivity index (χ0) is 17.0. The number of aromatic nitrogens is 2. The molecule has 0 aliphatic rings. The van der Waals surface area contributed by atoms with E-state index in [1.54, 1.807) is 0 Å². The summed E-state index contributed by atoms with van der Waals surface area (Å²) in [7, 11) is 0. The summed E-state index contributed by atoms with van der Waals surface area (Å²) < 4.78 is 0. The normalized spacial score (nSPS) is 11.2. The second-order valence-corrected chi connectivity index (χ2v) is 5.91. The first-order chi connectivity index (χ1) is 12.4. The van der Waals surface area contributed by atoms with Gasteiger partial charge in [0.2, 0.25) is 0 Å². The molecule has 0 saturated heterocycles. The van der Waals surface area contributed by atoms with Crippen LogP contribution in [0.2, 0.25) is 0 Å². The highest BCUT2D eigenvalue weighted by Gasteiger charge is 2.40. The van der Waals surface area contributed by atoms with E-state index in [0.717, 1.165) is 22.5 Å². The second-order valence-electron chi connectivity index (χ2n) is 5.91. The summed E-state index contributed by atoms with van der Waals surface area (Å²) in [5.74, 6) is 0. The van der Waals surface area contributed by atoms with E-state index in [2.05, 4.69) is 60.7 Å². The molecule has 0 saturated carbocycles. The fourth-order valence-corrected chi connectivity index (χ4v) is 3.43. The molecule has 0 radical (unpaired) electrons. The minimum atomic E-state index is -0.551. The van der Waals surface area contributed by atoms with E-state index in [0.29, 0.717) is 0 Å². The molecule has 4 rings (SSSR count). The van der Waals surface area contributed by atoms with Crippen LogP contribution in [-0.4, -0.2) is 9.97 Å². The van der Waals surface area contributed by atoms with Gasteiger partial charge in [0.05, 0.1) is 11.4 Å². The third-order valence-corrected chi connectivity index (χ3v) is 4.51. The summed E-state index contributed by atoms with van der Waals surface area (Å²) in [6.07, 6.45) is 3.69. The van der Waals surface area contributed by atoms with E-state index >= 15 is 0 Å². The molecule has 2 heterocycles. The van der Waals surface area contributed by atoms with E-state index in [-0.39, 0.29) is 0 Å². The van der Waals surface area contributed by atoms with Gasteiger partial charge in [-0.2, -0.15) is 0 Å². The highest BCUT2D eigenvalue weighted by atomic mass is 14.8. The third-order valence-electron chi connectivity index (χ3n) is 4.51. The van der Waals surface area contributed by atoms with Crippen LogP contribution in [0, 0.1) is 0 Å². The number of rotatable bonds is 4. The van der Waals surface area contributed by atoms with Crippen molar-refractivity contribution < 1.29 is 0 Å². The molecule has 0 amide bonds. The van der Waals surface area contributed by atoms with Crippen LogP contribution in [0.4, 0.5) is 0 Å². The molecule has 0 fully saturated rings. The summed E-state index contributed by atoms with van der Waals surface area (Å²) in [6.45, 7) is 0. The first-order valence-electron chi connectivity index (χ1n) is 8.36. The second kappa shape index (κ2) is 6.70. The van der Waals surface area contributed by atoms with E-state index in [1.807, 2.05) is 48.8 Å². The molecule has 0 spiro atoms. The van der Waals surface area contributed by atoms with Gasteiger partial charge >= 0.3 is 0 Å². The Labute approximate surface area is 147 Å². The Morgan fingerprint density at radius 2 is 0.840 bits per heavy atom. The highest BCUT2D eigenvalue weighted by molar-refractivity contribution is 5.55. The lowest BCUT2D eigenvalue weighted by atomic mass is 9.69. The van der Waals surface area contributed by atoms with Crippen molar-refractivity contribution in [3.05, 3.63) is 132 Å². The summed E-state index contributed by atoms with van der Waals surface area (Å²) >= 11 is 0. The molecule has 2 aromatic carbocycles. The predicted octanol–water partition coefficient (Wildman–Crippen LogP) is 4.86. The van der Waals surface area contributed by atoms with Crippen molar-refractivity contribution >= 4 is 0 Å². The Bertz CT molecular complexity index is 757. The molecule has 120 valence electrons. The lowest BCUT2D eigenvalue weighted by Gasteiger charge is -2.34. The maximum absolute atomic E-state index is 4.74. The summed E-state index contributed by atoms with van der Waals surface area (Å²) in [5.41, 5.74) is 3.68. The van der Waals surface area contributed by atoms with Crippen molar-refractivity contribution in [1.29, 1.82) is 0 Å². The van der Waals surface area contributed by atoms with Crippen molar-refractivity contribution in [1.82, 2.24) is 9.97 Å². The minimum Gasteiger partial charge on any atom is -0.260 e. The van der Waals surface area contributed by atoms with Crippen molar-refractivity contribution in [2.24, 2.45) is 0 Å². The number of hydrogen-bond acceptors (Lipinski definition) is 2. The number of benzene rings is 2. The van der Waals surface area contributed by atoms with Crippen LogP contribution < -0.4 is 0 Å². The molecule has 2 nitrogen and oxygen atoms in total. The first-order valence-corrected chi connectivity index (χ1v) is 8.36. The Kier molecular flexibility index (Phi) is 4.09. The van der Waals surface area contributed by atoms with Crippen molar-refractivity contribution in [2.45, 2.75) is 5.41 Å². The Hall–Kier alpha value is -3.26. The number of hydrogen-bond donors (Lipinski definition) is 0. The Morgan fingerprint density at radius 1 is 0.440 bits per heavy atom. The smallest absolute Gasteiger partial charge is 0.104 e. The van der Waals surface area contributed by atoms with Crippen LogP contribution in [0.3, 0.4) is 0 Å². The van der Waals surface area contributed by atoms with Crippen LogP contribution in [0.5, 0.6) is 0 Å². The zero-order valence-corrected chi connectivity index (χ0v) is 13.8. The van der Waals surface area contributed by atoms with E-state index in [4.69, 9.17) is 9.97 Å². The molecule has 2 aromatic heterocycles. The topological polar surface area (TPSA) is 25.8 Å². The van der Waals surface area contributed by atoms with Gasteiger partial charge in [-0.1, -0.05) is 72.8 Å². The largest absolute Gasteiger partial charge is 0.260 e. The predicted molar refractivity (Wildman–Crippen MR) is 100 cm³/mol. The fourth-order valence-electron chi connectivity index (χ4n) is 3.43. The third kappa shape index (κ3) is 2.62. The monoisotopic (exact) mass is 322 g/mol. The molecule has 0 N–H and O–H groups in total. The summed E-state index contributed by atoms with van der Waals surface area (Å²) in [4.78, 5) is 9.48. The molecule has 0 aliphatic heterocycles. The molecule has 2 heteroatoms. The standard InChI is InChI=1S/C23H18N2/c1-3-11-19(12-4-1)23(20-13-5-2-6-14-20,21-15-7-9-17-24-21)22-16-8-10-18-25-22/h1-18H. The van der Waals surface area contributed by atoms with Crippen molar-refractivity contribution in [2.75, 3.05) is 0 Å². The maximum Gasteiger partial charge on any atom is 0.104 e. The van der Waals surface area contributed by atoms with Gasteiger partial charge in [-0.3, -0.25) is 9.97 Å². The molecule has 25 heavy (non-hydrogen) atoms. The molecule has 0 atom stereocenters. The van der Waals surface area contributed by atoms with Gasteiger partial charge in [0.25, 0.3) is 0 Å². The maximum atomic E-state index is 4.74. The van der Waals surface area contributed by atoms with Gasteiger partial charge < -0.3 is 0 Å². The summed E-state index contributed by atoms with van der Waals surface area (Å²) in [6, 6.07) is 33.1. The lowest BCUT2D eigenvalue weighted by molar-refractivity contribution is 0.687. The highest BCUT2D eigenvalue weighted by Crippen LogP contribution is 2.42. The van der Waals surface area contributed by atoms with Gasteiger partial charge in [0.15, 0.2) is 0 Å². The van der Waals surface area contributed by atoms with Crippen LogP contribution in [0.1, 0.15) is 22.5 Å². The van der Waals surface area contributed by atoms with Crippen LogP contribution in [-0.2, 0) is 5.41 Å². The van der Waals surface area contributed by atoms with Crippen molar-refractivity contribution in [3.63, 3.8) is 0 Å². The Balaban J connectivity index is 2.13. The van der Waals surface area contributed by atoms with E-state index < -0.39 is 5.41 Å². The van der Waals surface area contributed by atoms with Crippen LogP contribution in [0.15, 0.2) is 109 Å². The van der Waals surface area contributed by atoms with Gasteiger partial charge in [-0.15, -0.1) is 0 Å². The molecular weight excluding hydrogens is 304 g/mol. The molecule has 4 aromatic rings. The average Bonchev–Trinajstić information content (AvgIpc) is 2.72. The minimum absolute atomic E-state index is 0.551. The zero-order valence-electron chi connectivity index (χ0n) is 13.8. The Morgan fingerprint density at radius 3 is 1.20 bits per heavy atom. The van der Waals surface area contributed by atoms with Crippen LogP contribution in [0.25, 0.3) is 0 Å². The molecule has 0 aliphatic carbocycles. The lowest BCUT2D eigenvalue weighted by Crippen LogP contribution is -2.32. The number of nitrogens with zero attached hydrogens (tertiary/aromatic N) is 2. The van der Waals surface area contributed by atoms with Gasteiger partial charge in [-0.05, 0) is 35.4 Å². The average molecular weight is 322 g/mol. The van der Waals surface area contributed by atoms with Gasteiger partial charge in [0.1, 0.15) is 5.41 Å². The first kappa shape index (κ1) is 15.3. The number of pyridine rings is 2. The molecule has 0 bridgehead atoms. The van der Waals surface area contributed by atoms with Crippen LogP contribution >= 0.6 is 0 Å². The van der Waals surface area contributed by atoms with Crippen molar-refractivity contribution in [3.8, 4) is 0 Å². The SMILES string of the molecule is c1ccc(C(c2ccccc2)(c2ccccn2)c2ccccn2)cc1.